The van der Waals surface area contributed by atoms with Gasteiger partial charge in [-0.15, -0.1) is 0 Å². The van der Waals surface area contributed by atoms with Gasteiger partial charge in [-0.3, -0.25) is 0 Å². The van der Waals surface area contributed by atoms with Gasteiger partial charge < -0.3 is 10.6 Å². The molecule has 0 aliphatic carbocycles. The van der Waals surface area contributed by atoms with E-state index in [2.05, 4.69) is 24.5 Å². The van der Waals surface area contributed by atoms with Crippen molar-refractivity contribution in [2.24, 2.45) is 5.92 Å². The van der Waals surface area contributed by atoms with Crippen molar-refractivity contribution in [1.29, 1.82) is 0 Å². The van der Waals surface area contributed by atoms with E-state index in [0.717, 1.165) is 31.9 Å². The Labute approximate surface area is 143 Å². The van der Waals surface area contributed by atoms with E-state index in [-0.39, 0.29) is 16.6 Å². The van der Waals surface area contributed by atoms with Gasteiger partial charge >= 0.3 is 6.03 Å². The van der Waals surface area contributed by atoms with E-state index >= 15 is 0 Å². The first kappa shape index (κ1) is 19.8. The summed E-state index contributed by atoms with van der Waals surface area (Å²) < 4.78 is 23.1. The van der Waals surface area contributed by atoms with E-state index in [4.69, 9.17) is 11.6 Å². The van der Waals surface area contributed by atoms with E-state index in [1.165, 1.54) is 18.2 Å². The van der Waals surface area contributed by atoms with Crippen LogP contribution >= 0.6 is 11.6 Å². The zero-order chi connectivity index (χ0) is 17.5. The summed E-state index contributed by atoms with van der Waals surface area (Å²) in [6.45, 7) is 4.84. The highest BCUT2D eigenvalue weighted by Gasteiger charge is 2.13. The van der Waals surface area contributed by atoms with Gasteiger partial charge in [0, 0.05) is 12.8 Å². The second kappa shape index (κ2) is 9.13. The third kappa shape index (κ3) is 6.79. The van der Waals surface area contributed by atoms with Crippen LogP contribution in [-0.2, 0) is 9.84 Å². The van der Waals surface area contributed by atoms with Crippen LogP contribution in [-0.4, -0.2) is 27.2 Å². The molecule has 5 nitrogen and oxygen atoms in total. The molecule has 2 amide bonds. The second-order valence-corrected chi connectivity index (χ2v) is 8.09. The summed E-state index contributed by atoms with van der Waals surface area (Å²) in [7, 11) is -3.35. The number of urea groups is 1. The van der Waals surface area contributed by atoms with Crippen LogP contribution in [0.4, 0.5) is 10.5 Å². The van der Waals surface area contributed by atoms with Gasteiger partial charge in [0.1, 0.15) is 0 Å². The van der Waals surface area contributed by atoms with Gasteiger partial charge in [0.25, 0.3) is 0 Å². The number of hydrogen-bond donors (Lipinski definition) is 2. The number of rotatable bonds is 8. The fourth-order valence-corrected chi connectivity index (χ4v) is 2.99. The third-order valence-corrected chi connectivity index (χ3v) is 5.15. The molecule has 0 aliphatic heterocycles. The van der Waals surface area contributed by atoms with E-state index in [1.54, 1.807) is 0 Å². The number of nitrogens with one attached hydrogen (secondary N) is 2. The highest BCUT2D eigenvalue weighted by Crippen LogP contribution is 2.25. The number of carbonyl (C=O) groups excluding carboxylic acids is 1. The quantitative estimate of drug-likeness (QED) is 0.733. The number of hydrogen-bond acceptors (Lipinski definition) is 3. The van der Waals surface area contributed by atoms with E-state index in [1.807, 2.05) is 0 Å². The van der Waals surface area contributed by atoms with Crippen molar-refractivity contribution in [3.63, 3.8) is 0 Å². The van der Waals surface area contributed by atoms with Crippen LogP contribution in [0.25, 0.3) is 0 Å². The minimum Gasteiger partial charge on any atom is -0.338 e. The van der Waals surface area contributed by atoms with Crippen molar-refractivity contribution in [2.45, 2.75) is 44.4 Å². The van der Waals surface area contributed by atoms with Crippen LogP contribution in [0.5, 0.6) is 0 Å². The second-order valence-electron chi connectivity index (χ2n) is 5.67. The molecule has 0 saturated heterocycles. The number of benzene rings is 1. The average molecular weight is 361 g/mol. The maximum atomic E-state index is 12.0. The van der Waals surface area contributed by atoms with Gasteiger partial charge in [-0.25, -0.2) is 13.2 Å². The third-order valence-electron chi connectivity index (χ3n) is 3.71. The Kier molecular flexibility index (Phi) is 7.85. The monoisotopic (exact) mass is 360 g/mol. The Morgan fingerprint density at radius 2 is 2.00 bits per heavy atom. The van der Waals surface area contributed by atoms with Crippen LogP contribution in [0.1, 0.15) is 39.5 Å². The van der Waals surface area contributed by atoms with Gasteiger partial charge in [0.05, 0.1) is 15.6 Å². The molecule has 0 saturated carbocycles. The number of unbranched alkanes of at least 4 members (excludes halogenated alkanes) is 1. The summed E-state index contributed by atoms with van der Waals surface area (Å²) >= 11 is 6.01. The highest BCUT2D eigenvalue weighted by molar-refractivity contribution is 7.90. The lowest BCUT2D eigenvalue weighted by molar-refractivity contribution is 0.249. The Balaban J connectivity index is 2.67. The predicted octanol–water partition coefficient (Wildman–Crippen LogP) is 4.08. The summed E-state index contributed by atoms with van der Waals surface area (Å²) in [5.41, 5.74) is 0.286. The molecule has 0 aliphatic rings. The topological polar surface area (TPSA) is 75.3 Å². The van der Waals surface area contributed by atoms with Crippen LogP contribution in [0.3, 0.4) is 0 Å². The summed E-state index contributed by atoms with van der Waals surface area (Å²) in [5, 5.41) is 5.73. The standard InChI is InChI=1S/C16H25ClN2O3S/c1-4-6-7-12(5-2)11-18-16(20)19-15-10-13(23(3,21)22)8-9-14(15)17/h8-10,12H,4-7,11H2,1-3H3,(H2,18,19,20)/t12-/m1/s1. The minimum absolute atomic E-state index is 0.117. The number of anilines is 1. The predicted molar refractivity (Wildman–Crippen MR) is 94.9 cm³/mol. The maximum absolute atomic E-state index is 12.0. The van der Waals surface area contributed by atoms with Crippen molar-refractivity contribution in [2.75, 3.05) is 18.1 Å². The number of amides is 2. The minimum atomic E-state index is -3.35. The van der Waals surface area contributed by atoms with Gasteiger partial charge in [0.2, 0.25) is 0 Å². The smallest absolute Gasteiger partial charge is 0.319 e. The average Bonchev–Trinajstić information content (AvgIpc) is 2.48. The molecule has 130 valence electrons. The molecule has 2 N–H and O–H groups in total. The lowest BCUT2D eigenvalue weighted by Crippen LogP contribution is -2.33. The van der Waals surface area contributed by atoms with Crippen molar-refractivity contribution in [3.8, 4) is 0 Å². The van der Waals surface area contributed by atoms with Crippen LogP contribution < -0.4 is 10.6 Å². The van der Waals surface area contributed by atoms with Crippen molar-refractivity contribution in [3.05, 3.63) is 23.2 Å². The van der Waals surface area contributed by atoms with Crippen LogP contribution in [0.2, 0.25) is 5.02 Å². The zero-order valence-corrected chi connectivity index (χ0v) is 15.4. The van der Waals surface area contributed by atoms with Gasteiger partial charge in [-0.2, -0.15) is 0 Å². The fourth-order valence-electron chi connectivity index (χ4n) is 2.18. The number of halogens is 1. The van der Waals surface area contributed by atoms with Crippen molar-refractivity contribution in [1.82, 2.24) is 5.32 Å². The van der Waals surface area contributed by atoms with Gasteiger partial charge in [-0.05, 0) is 30.5 Å². The van der Waals surface area contributed by atoms with E-state index in [9.17, 15) is 13.2 Å². The maximum Gasteiger partial charge on any atom is 0.319 e. The zero-order valence-electron chi connectivity index (χ0n) is 13.9. The molecule has 1 aromatic carbocycles. The molecule has 23 heavy (non-hydrogen) atoms. The molecule has 1 rings (SSSR count). The fraction of sp³-hybridized carbons (Fsp3) is 0.562. The Morgan fingerprint density at radius 1 is 1.30 bits per heavy atom. The largest absolute Gasteiger partial charge is 0.338 e. The molecule has 7 heteroatoms. The normalized spacial score (nSPS) is 12.7. The lowest BCUT2D eigenvalue weighted by atomic mass is 9.99. The molecule has 0 fully saturated rings. The van der Waals surface area contributed by atoms with Crippen LogP contribution in [0, 0.1) is 5.92 Å². The van der Waals surface area contributed by atoms with Gasteiger partial charge in [-0.1, -0.05) is 44.7 Å². The SMILES string of the molecule is CCCC[C@@H](CC)CNC(=O)Nc1cc(S(C)(=O)=O)ccc1Cl. The Hall–Kier alpha value is -1.27. The molecule has 1 atom stereocenters. The first-order valence-electron chi connectivity index (χ1n) is 7.82. The van der Waals surface area contributed by atoms with Crippen LogP contribution in [0.15, 0.2) is 23.1 Å². The van der Waals surface area contributed by atoms with Crippen molar-refractivity contribution >= 4 is 33.2 Å². The number of carbonyl (C=O) groups is 1. The summed E-state index contributed by atoms with van der Waals surface area (Å²) in [5.74, 6) is 0.443. The summed E-state index contributed by atoms with van der Waals surface area (Å²) in [6.07, 6.45) is 5.47. The van der Waals surface area contributed by atoms with Crippen molar-refractivity contribution < 1.29 is 13.2 Å². The molecular formula is C16H25ClN2O3S. The summed E-state index contributed by atoms with van der Waals surface area (Å²) in [4.78, 5) is 12.1. The van der Waals surface area contributed by atoms with E-state index < -0.39 is 9.84 Å². The molecule has 0 spiro atoms. The molecule has 0 heterocycles. The first-order valence-corrected chi connectivity index (χ1v) is 10.1. The van der Waals surface area contributed by atoms with Gasteiger partial charge in [0.15, 0.2) is 9.84 Å². The first-order chi connectivity index (χ1) is 10.8. The lowest BCUT2D eigenvalue weighted by Gasteiger charge is -2.16. The Morgan fingerprint density at radius 3 is 2.57 bits per heavy atom. The Bertz CT molecular complexity index is 632. The summed E-state index contributed by atoms with van der Waals surface area (Å²) in [6, 6.07) is 3.86. The molecule has 0 unspecified atom stereocenters. The molecular weight excluding hydrogens is 336 g/mol. The molecule has 0 aromatic heterocycles. The highest BCUT2D eigenvalue weighted by atomic mass is 35.5. The molecule has 0 radical (unpaired) electrons. The molecule has 0 bridgehead atoms. The number of sulfone groups is 1. The molecule has 1 aromatic rings. The van der Waals surface area contributed by atoms with E-state index in [0.29, 0.717) is 17.5 Å².